The van der Waals surface area contributed by atoms with Gasteiger partial charge in [-0.25, -0.2) is 4.79 Å². The molecule has 0 bridgehead atoms. The third-order valence-corrected chi connectivity index (χ3v) is 5.91. The van der Waals surface area contributed by atoms with Crippen molar-refractivity contribution >= 4 is 21.9 Å². The highest BCUT2D eigenvalue weighted by atomic mass is 32.2. The van der Waals surface area contributed by atoms with Gasteiger partial charge in [-0.05, 0) is 57.9 Å². The molecule has 0 aliphatic carbocycles. The molecule has 0 N–H and O–H groups in total. The van der Waals surface area contributed by atoms with E-state index in [9.17, 15) is 13.2 Å². The van der Waals surface area contributed by atoms with Gasteiger partial charge in [0.05, 0.1) is 17.2 Å². The van der Waals surface area contributed by atoms with Gasteiger partial charge in [-0.2, -0.15) is 8.42 Å². The molecule has 156 valence electrons. The molecule has 6 nitrogen and oxygen atoms in total. The number of hydrogen-bond donors (Lipinski definition) is 0. The molecule has 3 rings (SSSR count). The van der Waals surface area contributed by atoms with Crippen LogP contribution in [-0.2, 0) is 25.5 Å². The number of carbonyl (C=O) groups excluding carboxylic acids is 1. The number of fused-ring (bicyclic) bond motifs is 1. The maximum absolute atomic E-state index is 12.7. The Hall–Kier alpha value is -2.38. The van der Waals surface area contributed by atoms with Crippen LogP contribution in [0.25, 0.3) is 0 Å². The van der Waals surface area contributed by atoms with E-state index >= 15 is 0 Å². The highest BCUT2D eigenvalue weighted by Crippen LogP contribution is 2.31. The van der Waals surface area contributed by atoms with Gasteiger partial charge in [0.25, 0.3) is 10.1 Å². The van der Waals surface area contributed by atoms with Crippen LogP contribution in [0.4, 0.5) is 10.5 Å². The Morgan fingerprint density at radius 1 is 1.10 bits per heavy atom. The lowest BCUT2D eigenvalue weighted by Crippen LogP contribution is -2.44. The predicted octanol–water partition coefficient (Wildman–Crippen LogP) is 4.31. The summed E-state index contributed by atoms with van der Waals surface area (Å²) in [5.41, 5.74) is 2.11. The molecule has 1 heterocycles. The number of benzene rings is 2. The molecule has 1 aliphatic heterocycles. The highest BCUT2D eigenvalue weighted by molar-refractivity contribution is 7.86. The second-order valence-electron chi connectivity index (χ2n) is 8.34. The van der Waals surface area contributed by atoms with Crippen LogP contribution in [0, 0.1) is 12.8 Å². The van der Waals surface area contributed by atoms with Crippen molar-refractivity contribution < 1.29 is 22.1 Å². The number of para-hydroxylation sites is 1. The van der Waals surface area contributed by atoms with Gasteiger partial charge in [0.15, 0.2) is 0 Å². The maximum Gasteiger partial charge on any atom is 0.414 e. The second-order valence-corrected chi connectivity index (χ2v) is 9.96. The minimum atomic E-state index is -3.86. The van der Waals surface area contributed by atoms with E-state index in [4.69, 9.17) is 8.92 Å². The summed E-state index contributed by atoms with van der Waals surface area (Å²) in [6, 6.07) is 14.1. The topological polar surface area (TPSA) is 72.9 Å². The monoisotopic (exact) mass is 417 g/mol. The van der Waals surface area contributed by atoms with Crippen molar-refractivity contribution in [2.45, 2.75) is 44.6 Å². The van der Waals surface area contributed by atoms with Gasteiger partial charge >= 0.3 is 6.09 Å². The van der Waals surface area contributed by atoms with Gasteiger partial charge in [0, 0.05) is 12.5 Å². The number of aryl methyl sites for hydroxylation is 1. The fraction of sp³-hybridized carbons (Fsp3) is 0.409. The summed E-state index contributed by atoms with van der Waals surface area (Å²) < 4.78 is 35.9. The molecule has 1 unspecified atom stereocenters. The van der Waals surface area contributed by atoms with Crippen molar-refractivity contribution in [3.8, 4) is 0 Å². The van der Waals surface area contributed by atoms with Crippen LogP contribution in [0.3, 0.4) is 0 Å². The summed E-state index contributed by atoms with van der Waals surface area (Å²) in [4.78, 5) is 14.4. The SMILES string of the molecule is Cc1ccc(S(=O)(=O)OCC2Cc3ccccc3N(C(=O)OC(C)(C)C)C2)cc1. The Morgan fingerprint density at radius 3 is 2.41 bits per heavy atom. The van der Waals surface area contributed by atoms with Gasteiger partial charge in [-0.1, -0.05) is 35.9 Å². The Bertz CT molecular complexity index is 977. The summed E-state index contributed by atoms with van der Waals surface area (Å²) in [6.45, 7) is 7.65. The summed E-state index contributed by atoms with van der Waals surface area (Å²) in [6.07, 6.45) is 0.176. The number of anilines is 1. The molecule has 1 amide bonds. The fourth-order valence-electron chi connectivity index (χ4n) is 3.24. The zero-order valence-corrected chi connectivity index (χ0v) is 18.0. The molecule has 0 radical (unpaired) electrons. The zero-order chi connectivity index (χ0) is 21.2. The van der Waals surface area contributed by atoms with Crippen molar-refractivity contribution in [2.24, 2.45) is 5.92 Å². The molecule has 0 fully saturated rings. The number of carbonyl (C=O) groups is 1. The summed E-state index contributed by atoms with van der Waals surface area (Å²) >= 11 is 0. The largest absolute Gasteiger partial charge is 0.443 e. The van der Waals surface area contributed by atoms with Crippen LogP contribution < -0.4 is 4.90 Å². The lowest BCUT2D eigenvalue weighted by atomic mass is 9.93. The van der Waals surface area contributed by atoms with E-state index in [1.807, 2.05) is 52.0 Å². The van der Waals surface area contributed by atoms with Crippen molar-refractivity contribution in [1.82, 2.24) is 0 Å². The van der Waals surface area contributed by atoms with E-state index < -0.39 is 21.8 Å². The Balaban J connectivity index is 1.76. The van der Waals surface area contributed by atoms with E-state index in [1.54, 1.807) is 17.0 Å². The normalized spacial score (nSPS) is 17.0. The molecule has 1 aliphatic rings. The smallest absolute Gasteiger partial charge is 0.414 e. The Morgan fingerprint density at radius 2 is 1.76 bits per heavy atom. The third-order valence-electron chi connectivity index (χ3n) is 4.61. The maximum atomic E-state index is 12.7. The molecular weight excluding hydrogens is 390 g/mol. The van der Waals surface area contributed by atoms with Crippen molar-refractivity contribution in [1.29, 1.82) is 0 Å². The van der Waals surface area contributed by atoms with Crippen molar-refractivity contribution in [3.63, 3.8) is 0 Å². The van der Waals surface area contributed by atoms with Crippen LogP contribution in [0.15, 0.2) is 53.4 Å². The number of amides is 1. The van der Waals surface area contributed by atoms with Crippen molar-refractivity contribution in [2.75, 3.05) is 18.1 Å². The molecule has 2 aromatic rings. The standard InChI is InChI=1S/C22H27NO5S/c1-16-9-11-19(12-10-16)29(25,26)27-15-17-13-18-7-5-6-8-20(18)23(14-17)21(24)28-22(2,3)4/h5-12,17H,13-15H2,1-4H3. The molecule has 0 spiro atoms. The van der Waals surface area contributed by atoms with Crippen LogP contribution in [0.1, 0.15) is 31.9 Å². The molecule has 29 heavy (non-hydrogen) atoms. The van der Waals surface area contributed by atoms with E-state index in [0.717, 1.165) is 16.8 Å². The van der Waals surface area contributed by atoms with Crippen molar-refractivity contribution in [3.05, 3.63) is 59.7 Å². The van der Waals surface area contributed by atoms with Gasteiger partial charge in [-0.15, -0.1) is 0 Å². The van der Waals surface area contributed by atoms with E-state index in [2.05, 4.69) is 0 Å². The number of nitrogens with zero attached hydrogens (tertiary/aromatic N) is 1. The minimum Gasteiger partial charge on any atom is -0.443 e. The second kappa shape index (κ2) is 8.16. The van der Waals surface area contributed by atoms with E-state index in [0.29, 0.717) is 13.0 Å². The molecule has 0 aromatic heterocycles. The molecule has 0 saturated carbocycles. The average molecular weight is 418 g/mol. The third kappa shape index (κ3) is 5.36. The number of ether oxygens (including phenoxy) is 1. The molecule has 2 aromatic carbocycles. The molecule has 0 saturated heterocycles. The Labute approximate surface area is 172 Å². The zero-order valence-electron chi connectivity index (χ0n) is 17.2. The minimum absolute atomic E-state index is 0.0101. The van der Waals surface area contributed by atoms with Gasteiger partial charge in [-0.3, -0.25) is 9.08 Å². The first-order chi connectivity index (χ1) is 13.5. The lowest BCUT2D eigenvalue weighted by molar-refractivity contribution is 0.0567. The predicted molar refractivity (Wildman–Crippen MR) is 112 cm³/mol. The van der Waals surface area contributed by atoms with Crippen LogP contribution in [0.5, 0.6) is 0 Å². The first-order valence-electron chi connectivity index (χ1n) is 9.60. The van der Waals surface area contributed by atoms with Gasteiger partial charge in [0.2, 0.25) is 0 Å². The summed E-state index contributed by atoms with van der Waals surface area (Å²) in [7, 11) is -3.86. The lowest BCUT2D eigenvalue weighted by Gasteiger charge is -2.35. The molecular formula is C22H27NO5S. The van der Waals surface area contributed by atoms with Crippen LogP contribution >= 0.6 is 0 Å². The fourth-order valence-corrected chi connectivity index (χ4v) is 4.22. The Kier molecular flexibility index (Phi) is 6.00. The van der Waals surface area contributed by atoms with Crippen LogP contribution in [-0.4, -0.2) is 33.3 Å². The quantitative estimate of drug-likeness (QED) is 0.693. The average Bonchev–Trinajstić information content (AvgIpc) is 2.65. The number of hydrogen-bond acceptors (Lipinski definition) is 5. The molecule has 1 atom stereocenters. The van der Waals surface area contributed by atoms with E-state index in [1.165, 1.54) is 12.1 Å². The van der Waals surface area contributed by atoms with E-state index in [-0.39, 0.29) is 17.4 Å². The van der Waals surface area contributed by atoms with Gasteiger partial charge < -0.3 is 4.74 Å². The summed E-state index contributed by atoms with van der Waals surface area (Å²) in [5, 5.41) is 0. The van der Waals surface area contributed by atoms with Gasteiger partial charge in [0.1, 0.15) is 5.60 Å². The van der Waals surface area contributed by atoms with Crippen LogP contribution in [0.2, 0.25) is 0 Å². The first-order valence-corrected chi connectivity index (χ1v) is 11.0. The summed E-state index contributed by atoms with van der Waals surface area (Å²) in [5.74, 6) is -0.169. The molecule has 7 heteroatoms. The number of rotatable bonds is 4. The highest BCUT2D eigenvalue weighted by Gasteiger charge is 2.32. The first kappa shape index (κ1) is 21.3.